The van der Waals surface area contributed by atoms with Gasteiger partial charge in [-0.25, -0.2) is 0 Å². The van der Waals surface area contributed by atoms with Gasteiger partial charge in [0.2, 0.25) is 5.43 Å². The van der Waals surface area contributed by atoms with Gasteiger partial charge in [0.05, 0.1) is 5.56 Å². The second-order valence-electron chi connectivity index (χ2n) is 4.18. The minimum Gasteiger partial charge on any atom is -0.508 e. The number of benzene rings is 2. The third kappa shape index (κ3) is 2.49. The Balaban J connectivity index is 0.00000147. The van der Waals surface area contributed by atoms with E-state index in [4.69, 9.17) is 4.42 Å². The summed E-state index contributed by atoms with van der Waals surface area (Å²) in [6.45, 7) is 0. The zero-order valence-electron chi connectivity index (χ0n) is 10.4. The minimum absolute atomic E-state index is 0. The zero-order valence-corrected chi connectivity index (χ0v) is 13.2. The van der Waals surface area contributed by atoms with Crippen LogP contribution in [0.2, 0.25) is 0 Å². The molecule has 2 aromatic carbocycles. The van der Waals surface area contributed by atoms with Crippen LogP contribution in [0, 0.1) is 0 Å². The predicted molar refractivity (Wildman–Crippen MR) is 71.2 cm³/mol. The second-order valence-corrected chi connectivity index (χ2v) is 4.18. The molecule has 0 saturated carbocycles. The molecule has 1 heterocycles. The van der Waals surface area contributed by atoms with E-state index in [0.29, 0.717) is 11.1 Å². The zero-order chi connectivity index (χ0) is 13.4. The topological polar surface area (TPSA) is 70.7 Å². The summed E-state index contributed by atoms with van der Waals surface area (Å²) < 4.78 is 5.32. The summed E-state index contributed by atoms with van der Waals surface area (Å²) in [7, 11) is 0. The maximum Gasteiger partial charge on any atom is 0.204 e. The minimum atomic E-state index is -0.329. The molecule has 0 amide bonds. The van der Waals surface area contributed by atoms with Crippen molar-refractivity contribution in [1.82, 2.24) is 0 Å². The molecule has 0 aliphatic rings. The van der Waals surface area contributed by atoms with Crippen molar-refractivity contribution in [2.24, 2.45) is 0 Å². The molecule has 0 aliphatic heterocycles. The molecule has 0 bridgehead atoms. The van der Waals surface area contributed by atoms with Crippen molar-refractivity contribution in [2.45, 2.75) is 0 Å². The molecule has 2 N–H and O–H groups in total. The summed E-state index contributed by atoms with van der Waals surface area (Å²) in [6, 6.07) is 11.5. The van der Waals surface area contributed by atoms with Crippen molar-refractivity contribution in [3.05, 3.63) is 59.0 Å². The quantitative estimate of drug-likeness (QED) is 0.713. The van der Waals surface area contributed by atoms with Crippen LogP contribution in [0.5, 0.6) is 11.5 Å². The molecule has 0 spiro atoms. The van der Waals surface area contributed by atoms with Crippen molar-refractivity contribution in [3.8, 4) is 22.6 Å². The maximum absolute atomic E-state index is 12.4. The van der Waals surface area contributed by atoms with E-state index in [1.807, 2.05) is 18.2 Å². The van der Waals surface area contributed by atoms with Gasteiger partial charge < -0.3 is 14.6 Å². The van der Waals surface area contributed by atoms with E-state index >= 15 is 0 Å². The molecule has 0 unspecified atom stereocenters. The van der Waals surface area contributed by atoms with Crippen LogP contribution in [0.1, 0.15) is 0 Å². The van der Waals surface area contributed by atoms with Gasteiger partial charge in [-0.2, -0.15) is 0 Å². The third-order valence-corrected chi connectivity index (χ3v) is 2.93. The fourth-order valence-electron chi connectivity index (χ4n) is 2.04. The van der Waals surface area contributed by atoms with Gasteiger partial charge in [0, 0.05) is 44.8 Å². The third-order valence-electron chi connectivity index (χ3n) is 2.93. The van der Waals surface area contributed by atoms with Crippen LogP contribution in [-0.4, -0.2) is 10.2 Å². The van der Waals surface area contributed by atoms with Crippen molar-refractivity contribution in [2.75, 3.05) is 0 Å². The number of phenolic OH excluding ortho intramolecular Hbond substituents is 2. The van der Waals surface area contributed by atoms with E-state index < -0.39 is 0 Å². The van der Waals surface area contributed by atoms with Gasteiger partial charge in [-0.05, 0) is 5.56 Å². The largest absolute Gasteiger partial charge is 0.508 e. The van der Waals surface area contributed by atoms with Crippen LogP contribution >= 0.6 is 0 Å². The molecule has 1 radical (unpaired) electrons. The van der Waals surface area contributed by atoms with E-state index in [2.05, 4.69) is 0 Å². The molecular formula is C15H10O4Y. The Morgan fingerprint density at radius 1 is 1.00 bits per heavy atom. The number of aromatic hydroxyl groups is 2. The fraction of sp³-hybridized carbons (Fsp3) is 0. The molecule has 3 rings (SSSR count). The van der Waals surface area contributed by atoms with Crippen molar-refractivity contribution in [1.29, 1.82) is 0 Å². The molecule has 1 aromatic heterocycles. The Hall–Kier alpha value is -1.65. The summed E-state index contributed by atoms with van der Waals surface area (Å²) in [5.41, 5.74) is 0.909. The number of rotatable bonds is 1. The van der Waals surface area contributed by atoms with Crippen LogP contribution in [0.15, 0.2) is 57.9 Å². The number of hydrogen-bond donors (Lipinski definition) is 2. The SMILES string of the molecule is O=c1c(-c2ccccc2)coc2cc(O)cc(O)c12.[Y]. The van der Waals surface area contributed by atoms with E-state index in [0.717, 1.165) is 6.07 Å². The summed E-state index contributed by atoms with van der Waals surface area (Å²) in [5, 5.41) is 19.2. The van der Waals surface area contributed by atoms with Gasteiger partial charge in [-0.3, -0.25) is 4.79 Å². The Kier molecular flexibility index (Phi) is 4.26. The van der Waals surface area contributed by atoms with Gasteiger partial charge >= 0.3 is 0 Å². The Morgan fingerprint density at radius 3 is 2.40 bits per heavy atom. The number of fused-ring (bicyclic) bond motifs is 1. The molecule has 0 saturated heterocycles. The summed E-state index contributed by atoms with van der Waals surface area (Å²) in [6.07, 6.45) is 1.33. The number of phenols is 2. The second kappa shape index (κ2) is 5.77. The average molecular weight is 343 g/mol. The first-order valence-electron chi connectivity index (χ1n) is 5.70. The summed E-state index contributed by atoms with van der Waals surface area (Å²) in [5.74, 6) is -0.442. The van der Waals surface area contributed by atoms with Crippen LogP contribution in [0.25, 0.3) is 22.1 Å². The van der Waals surface area contributed by atoms with Gasteiger partial charge in [-0.1, -0.05) is 30.3 Å². The Labute approximate surface area is 139 Å². The predicted octanol–water partition coefficient (Wildman–Crippen LogP) is 2.87. The van der Waals surface area contributed by atoms with Gasteiger partial charge in [0.25, 0.3) is 0 Å². The smallest absolute Gasteiger partial charge is 0.204 e. The Morgan fingerprint density at radius 2 is 1.70 bits per heavy atom. The molecule has 0 atom stereocenters. The molecule has 0 fully saturated rings. The molecule has 20 heavy (non-hydrogen) atoms. The maximum atomic E-state index is 12.4. The van der Waals surface area contributed by atoms with Crippen LogP contribution in [0.4, 0.5) is 0 Å². The van der Waals surface area contributed by atoms with E-state index in [9.17, 15) is 15.0 Å². The van der Waals surface area contributed by atoms with Gasteiger partial charge in [0.15, 0.2) is 0 Å². The standard InChI is InChI=1S/C15H10O4.Y/c16-10-6-12(17)14-13(7-10)19-8-11(15(14)18)9-4-2-1-3-5-9;/h1-8,16-17H;. The average Bonchev–Trinajstić information content (AvgIpc) is 2.39. The van der Waals surface area contributed by atoms with Crippen LogP contribution in [-0.2, 0) is 32.7 Å². The molecule has 97 valence electrons. The van der Waals surface area contributed by atoms with Crippen LogP contribution < -0.4 is 5.43 Å². The summed E-state index contributed by atoms with van der Waals surface area (Å²) in [4.78, 5) is 12.4. The van der Waals surface area contributed by atoms with E-state index in [1.54, 1.807) is 12.1 Å². The number of hydrogen-bond acceptors (Lipinski definition) is 4. The first-order valence-corrected chi connectivity index (χ1v) is 5.70. The fourth-order valence-corrected chi connectivity index (χ4v) is 2.04. The summed E-state index contributed by atoms with van der Waals surface area (Å²) >= 11 is 0. The molecule has 0 aliphatic carbocycles. The molecule has 5 heteroatoms. The van der Waals surface area contributed by atoms with Crippen molar-refractivity contribution >= 4 is 11.0 Å². The normalized spacial score (nSPS) is 10.2. The molecule has 3 aromatic rings. The first kappa shape index (κ1) is 14.8. The van der Waals surface area contributed by atoms with Crippen molar-refractivity contribution in [3.63, 3.8) is 0 Å². The molecule has 4 nitrogen and oxygen atoms in total. The van der Waals surface area contributed by atoms with Gasteiger partial charge in [0.1, 0.15) is 28.7 Å². The molecular weight excluding hydrogens is 333 g/mol. The van der Waals surface area contributed by atoms with Crippen LogP contribution in [0.3, 0.4) is 0 Å². The first-order chi connectivity index (χ1) is 9.16. The van der Waals surface area contributed by atoms with E-state index in [1.165, 1.54) is 12.3 Å². The monoisotopic (exact) mass is 343 g/mol. The Bertz CT molecular complexity index is 809. The van der Waals surface area contributed by atoms with Crippen molar-refractivity contribution < 1.29 is 47.3 Å². The van der Waals surface area contributed by atoms with Gasteiger partial charge in [-0.15, -0.1) is 0 Å². The van der Waals surface area contributed by atoms with E-state index in [-0.39, 0.29) is 60.6 Å².